The Morgan fingerprint density at radius 1 is 1.19 bits per heavy atom. The highest BCUT2D eigenvalue weighted by Crippen LogP contribution is 2.30. The van der Waals surface area contributed by atoms with Crippen LogP contribution in [0, 0.1) is 13.8 Å². The van der Waals surface area contributed by atoms with E-state index in [0.29, 0.717) is 27.7 Å². The molecule has 32 heavy (non-hydrogen) atoms. The van der Waals surface area contributed by atoms with Gasteiger partial charge in [0.1, 0.15) is 9.88 Å². The highest BCUT2D eigenvalue weighted by atomic mass is 35.5. The second kappa shape index (κ2) is 9.30. The van der Waals surface area contributed by atoms with Gasteiger partial charge in [0.25, 0.3) is 5.91 Å². The summed E-state index contributed by atoms with van der Waals surface area (Å²) in [4.78, 5) is 31.9. The van der Waals surface area contributed by atoms with Crippen molar-refractivity contribution < 1.29 is 14.7 Å². The van der Waals surface area contributed by atoms with Gasteiger partial charge >= 0.3 is 5.97 Å². The Kier molecular flexibility index (Phi) is 6.48. The molecular formula is C24H24ClN3O3S. The number of rotatable bonds is 5. The fourth-order valence-corrected chi connectivity index (χ4v) is 5.19. The number of thiazole rings is 1. The van der Waals surface area contributed by atoms with E-state index in [4.69, 9.17) is 11.6 Å². The second-order valence-electron chi connectivity index (χ2n) is 7.95. The number of aryl methyl sites for hydroxylation is 1. The molecular weight excluding hydrogens is 446 g/mol. The summed E-state index contributed by atoms with van der Waals surface area (Å²) in [5.74, 6) is -1.05. The number of hydrogen-bond acceptors (Lipinski definition) is 5. The zero-order valence-electron chi connectivity index (χ0n) is 17.9. The molecule has 1 amide bonds. The van der Waals surface area contributed by atoms with Gasteiger partial charge in [-0.25, -0.2) is 9.78 Å². The van der Waals surface area contributed by atoms with Gasteiger partial charge in [-0.05, 0) is 56.5 Å². The summed E-state index contributed by atoms with van der Waals surface area (Å²) >= 11 is 7.35. The fourth-order valence-electron chi connectivity index (χ4n) is 4.09. The highest BCUT2D eigenvalue weighted by molar-refractivity contribution is 7.17. The molecule has 8 heteroatoms. The lowest BCUT2D eigenvalue weighted by Gasteiger charge is -2.35. The van der Waals surface area contributed by atoms with E-state index in [9.17, 15) is 14.7 Å². The Morgan fingerprint density at radius 2 is 1.94 bits per heavy atom. The Morgan fingerprint density at radius 3 is 2.66 bits per heavy atom. The largest absolute Gasteiger partial charge is 0.478 e. The third-order valence-electron chi connectivity index (χ3n) is 5.73. The topological polar surface area (TPSA) is 82.5 Å². The average molecular weight is 470 g/mol. The maximum Gasteiger partial charge on any atom is 0.336 e. The number of aromatic nitrogens is 1. The number of carboxylic acids is 1. The van der Waals surface area contributed by atoms with Crippen molar-refractivity contribution in [3.8, 4) is 10.6 Å². The Balaban J connectivity index is 1.48. The SMILES string of the molecule is Cc1nc(-c2ccc(Cl)cc2)sc1C(=O)N[C@@H]1CCCN(c2cccc(C(=O)O)c2C)C1. The van der Waals surface area contributed by atoms with Crippen LogP contribution >= 0.6 is 22.9 Å². The minimum absolute atomic E-state index is 0.0235. The molecule has 0 spiro atoms. The van der Waals surface area contributed by atoms with Crippen molar-refractivity contribution in [2.75, 3.05) is 18.0 Å². The van der Waals surface area contributed by atoms with Crippen LogP contribution in [0.1, 0.15) is 44.1 Å². The van der Waals surface area contributed by atoms with Crippen molar-refractivity contribution in [3.05, 3.63) is 69.2 Å². The number of hydrogen-bond donors (Lipinski definition) is 2. The molecule has 2 N–H and O–H groups in total. The Hall–Kier alpha value is -2.90. The van der Waals surface area contributed by atoms with Gasteiger partial charge in [-0.1, -0.05) is 29.8 Å². The zero-order chi connectivity index (χ0) is 22.8. The van der Waals surface area contributed by atoms with Crippen LogP contribution in [0.25, 0.3) is 10.6 Å². The van der Waals surface area contributed by atoms with Crippen LogP contribution in [0.3, 0.4) is 0 Å². The maximum atomic E-state index is 13.0. The van der Waals surface area contributed by atoms with Crippen molar-refractivity contribution in [1.82, 2.24) is 10.3 Å². The minimum atomic E-state index is -0.927. The zero-order valence-corrected chi connectivity index (χ0v) is 19.5. The van der Waals surface area contributed by atoms with Gasteiger partial charge in [0, 0.05) is 35.4 Å². The molecule has 2 heterocycles. The number of aromatic carboxylic acids is 1. The minimum Gasteiger partial charge on any atom is -0.478 e. The van der Waals surface area contributed by atoms with Gasteiger partial charge < -0.3 is 15.3 Å². The first kappa shape index (κ1) is 22.3. The Labute approximate surface area is 195 Å². The molecule has 1 aromatic heterocycles. The first-order valence-corrected chi connectivity index (χ1v) is 11.6. The summed E-state index contributed by atoms with van der Waals surface area (Å²) in [6.07, 6.45) is 1.79. The molecule has 0 unspecified atom stereocenters. The second-order valence-corrected chi connectivity index (χ2v) is 9.39. The van der Waals surface area contributed by atoms with Crippen LogP contribution in [-0.4, -0.2) is 41.1 Å². The van der Waals surface area contributed by atoms with Gasteiger partial charge in [0.2, 0.25) is 0 Å². The molecule has 2 aromatic carbocycles. The molecule has 1 fully saturated rings. The molecule has 0 aliphatic carbocycles. The molecule has 0 radical (unpaired) electrons. The van der Waals surface area contributed by atoms with E-state index in [0.717, 1.165) is 41.2 Å². The lowest BCUT2D eigenvalue weighted by molar-refractivity contribution is 0.0696. The van der Waals surface area contributed by atoms with E-state index in [1.807, 2.05) is 44.2 Å². The molecule has 166 valence electrons. The van der Waals surface area contributed by atoms with Crippen molar-refractivity contribution in [1.29, 1.82) is 0 Å². The van der Waals surface area contributed by atoms with Gasteiger partial charge in [-0.15, -0.1) is 11.3 Å². The van der Waals surface area contributed by atoms with Crippen LogP contribution < -0.4 is 10.2 Å². The smallest absolute Gasteiger partial charge is 0.336 e. The van der Waals surface area contributed by atoms with E-state index in [1.165, 1.54) is 11.3 Å². The summed E-state index contributed by atoms with van der Waals surface area (Å²) < 4.78 is 0. The lowest BCUT2D eigenvalue weighted by atomic mass is 10.0. The quantitative estimate of drug-likeness (QED) is 0.538. The van der Waals surface area contributed by atoms with E-state index < -0.39 is 5.97 Å². The molecule has 0 bridgehead atoms. The molecule has 0 saturated carbocycles. The van der Waals surface area contributed by atoms with Crippen LogP contribution in [0.4, 0.5) is 5.69 Å². The van der Waals surface area contributed by atoms with Gasteiger partial charge in [-0.2, -0.15) is 0 Å². The van der Waals surface area contributed by atoms with Crippen molar-refractivity contribution >= 4 is 40.5 Å². The fraction of sp³-hybridized carbons (Fsp3) is 0.292. The van der Waals surface area contributed by atoms with Crippen LogP contribution in [0.2, 0.25) is 5.02 Å². The molecule has 6 nitrogen and oxygen atoms in total. The number of halogens is 1. The number of nitrogens with zero attached hydrogens (tertiary/aromatic N) is 2. The average Bonchev–Trinajstić information content (AvgIpc) is 3.16. The third-order valence-corrected chi connectivity index (χ3v) is 7.18. The van der Waals surface area contributed by atoms with E-state index in [2.05, 4.69) is 15.2 Å². The molecule has 1 atom stereocenters. The number of benzene rings is 2. The standard InChI is InChI=1S/C24H24ClN3O3S/c1-14-19(24(30)31)6-3-7-20(14)28-12-4-5-18(13-28)27-22(29)21-15(2)26-23(32-21)16-8-10-17(25)11-9-16/h3,6-11,18H,4-5,12-13H2,1-2H3,(H,27,29)(H,30,31)/t18-/m1/s1. The van der Waals surface area contributed by atoms with Gasteiger partial charge in [0.15, 0.2) is 0 Å². The summed E-state index contributed by atoms with van der Waals surface area (Å²) in [5, 5.41) is 14.0. The van der Waals surface area contributed by atoms with Crippen molar-refractivity contribution in [3.63, 3.8) is 0 Å². The number of carboxylic acid groups (broad SMARTS) is 1. The normalized spacial score (nSPS) is 16.1. The summed E-state index contributed by atoms with van der Waals surface area (Å²) in [6, 6.07) is 12.7. The van der Waals surface area contributed by atoms with E-state index in [1.54, 1.807) is 12.1 Å². The first-order chi connectivity index (χ1) is 15.3. The van der Waals surface area contributed by atoms with Gasteiger partial charge in [0.05, 0.1) is 11.3 Å². The van der Waals surface area contributed by atoms with Gasteiger partial charge in [-0.3, -0.25) is 4.79 Å². The Bertz CT molecular complexity index is 1160. The number of nitrogens with one attached hydrogen (secondary N) is 1. The number of amides is 1. The lowest BCUT2D eigenvalue weighted by Crippen LogP contribution is -2.48. The van der Waals surface area contributed by atoms with Crippen LogP contribution in [0.15, 0.2) is 42.5 Å². The van der Waals surface area contributed by atoms with Crippen molar-refractivity contribution in [2.45, 2.75) is 32.7 Å². The van der Waals surface area contributed by atoms with Crippen LogP contribution in [0.5, 0.6) is 0 Å². The maximum absolute atomic E-state index is 13.0. The summed E-state index contributed by atoms with van der Waals surface area (Å²) in [5.41, 5.74) is 3.60. The number of carbonyl (C=O) groups excluding carboxylic acids is 1. The number of piperidine rings is 1. The predicted octanol–water partition coefficient (Wildman–Crippen LogP) is 5.18. The van der Waals surface area contributed by atoms with Crippen molar-refractivity contribution in [2.24, 2.45) is 0 Å². The highest BCUT2D eigenvalue weighted by Gasteiger charge is 2.25. The number of anilines is 1. The molecule has 1 saturated heterocycles. The number of carbonyl (C=O) groups is 2. The first-order valence-electron chi connectivity index (χ1n) is 10.5. The summed E-state index contributed by atoms with van der Waals surface area (Å²) in [6.45, 7) is 5.15. The molecule has 1 aliphatic heterocycles. The van der Waals surface area contributed by atoms with E-state index in [-0.39, 0.29) is 11.9 Å². The monoisotopic (exact) mass is 469 g/mol. The summed E-state index contributed by atoms with van der Waals surface area (Å²) in [7, 11) is 0. The van der Waals surface area contributed by atoms with E-state index >= 15 is 0 Å². The predicted molar refractivity (Wildman–Crippen MR) is 128 cm³/mol. The van der Waals surface area contributed by atoms with Crippen LogP contribution in [-0.2, 0) is 0 Å². The molecule has 4 rings (SSSR count). The third kappa shape index (κ3) is 4.64. The molecule has 1 aliphatic rings. The molecule has 3 aromatic rings.